The number of thiophene rings is 1. The van der Waals surface area contributed by atoms with Crippen LogP contribution in [0.25, 0.3) is 32.1 Å². The summed E-state index contributed by atoms with van der Waals surface area (Å²) in [4.78, 5) is 20.0. The highest BCUT2D eigenvalue weighted by Crippen LogP contribution is 2.37. The van der Waals surface area contributed by atoms with Gasteiger partial charge in [-0.15, -0.1) is 11.3 Å². The van der Waals surface area contributed by atoms with Crippen molar-refractivity contribution in [2.24, 2.45) is 0 Å². The first-order valence-corrected chi connectivity index (χ1v) is 9.68. The molecule has 0 amide bonds. The predicted molar refractivity (Wildman–Crippen MR) is 110 cm³/mol. The molecule has 0 unspecified atom stereocenters. The zero-order chi connectivity index (χ0) is 19.1. The average Bonchev–Trinajstić information content (AvgIpc) is 3.14. The number of aromatic nitrogens is 2. The van der Waals surface area contributed by atoms with E-state index in [4.69, 9.17) is 0 Å². The first-order valence-electron chi connectivity index (χ1n) is 8.80. The van der Waals surface area contributed by atoms with Gasteiger partial charge in [-0.3, -0.25) is 9.78 Å². The number of nitrogens with one attached hydrogen (secondary N) is 2. The van der Waals surface area contributed by atoms with E-state index in [0.717, 1.165) is 38.8 Å². The number of nitrogens with zero attached hydrogens (tertiary/aromatic N) is 1. The molecule has 3 heterocycles. The molecule has 4 rings (SSSR count). The quantitative estimate of drug-likeness (QED) is 0.541. The number of aromatic amines is 1. The topological polar surface area (TPSA) is 57.8 Å². The highest BCUT2D eigenvalue weighted by Gasteiger charge is 2.17. The normalized spacial score (nSPS) is 12.7. The van der Waals surface area contributed by atoms with Crippen LogP contribution in [0.5, 0.6) is 0 Å². The van der Waals surface area contributed by atoms with Crippen LogP contribution in [0.2, 0.25) is 0 Å². The Morgan fingerprint density at radius 3 is 2.63 bits per heavy atom. The van der Waals surface area contributed by atoms with Crippen molar-refractivity contribution in [2.45, 2.75) is 20.0 Å². The van der Waals surface area contributed by atoms with Crippen molar-refractivity contribution < 1.29 is 4.39 Å². The predicted octanol–water partition coefficient (Wildman–Crippen LogP) is 4.65. The fourth-order valence-corrected chi connectivity index (χ4v) is 4.43. The lowest BCUT2D eigenvalue weighted by molar-refractivity contribution is 0.335. The third-order valence-corrected chi connectivity index (χ3v) is 5.80. The van der Waals surface area contributed by atoms with Crippen LogP contribution in [-0.4, -0.2) is 23.6 Å². The van der Waals surface area contributed by atoms with E-state index in [9.17, 15) is 9.18 Å². The fourth-order valence-electron chi connectivity index (χ4n) is 3.63. The van der Waals surface area contributed by atoms with Crippen LogP contribution < -0.4 is 10.9 Å². The minimum absolute atomic E-state index is 0.0881. The Kier molecular flexibility index (Phi) is 4.53. The largest absolute Gasteiger partial charge is 0.319 e. The first kappa shape index (κ1) is 17.8. The summed E-state index contributed by atoms with van der Waals surface area (Å²) in [7, 11) is 1.74. The number of halogens is 1. The molecule has 0 aliphatic rings. The number of pyridine rings is 2. The van der Waals surface area contributed by atoms with Crippen molar-refractivity contribution >= 4 is 32.3 Å². The number of rotatable bonds is 4. The molecule has 0 aliphatic carbocycles. The van der Waals surface area contributed by atoms with Gasteiger partial charge in [-0.25, -0.2) is 4.39 Å². The zero-order valence-corrected chi connectivity index (χ0v) is 16.2. The lowest BCUT2D eigenvalue weighted by atomic mass is 9.95. The third kappa shape index (κ3) is 2.95. The Balaban J connectivity index is 1.99. The average molecular weight is 381 g/mol. The molecule has 0 fully saturated rings. The van der Waals surface area contributed by atoms with Gasteiger partial charge < -0.3 is 10.3 Å². The molecule has 2 N–H and O–H groups in total. The highest BCUT2D eigenvalue weighted by atomic mass is 32.1. The summed E-state index contributed by atoms with van der Waals surface area (Å²) >= 11 is 1.44. The van der Waals surface area contributed by atoms with Gasteiger partial charge in [-0.05, 0) is 43.5 Å². The number of alkyl halides is 1. The van der Waals surface area contributed by atoms with E-state index >= 15 is 0 Å². The van der Waals surface area contributed by atoms with Crippen molar-refractivity contribution in [3.63, 3.8) is 0 Å². The Bertz CT molecular complexity index is 1190. The van der Waals surface area contributed by atoms with E-state index in [1.165, 1.54) is 11.3 Å². The van der Waals surface area contributed by atoms with Crippen LogP contribution in [0.1, 0.15) is 23.1 Å². The van der Waals surface area contributed by atoms with Gasteiger partial charge in [0.1, 0.15) is 10.9 Å². The van der Waals surface area contributed by atoms with E-state index in [1.54, 1.807) is 7.05 Å². The molecule has 1 aromatic carbocycles. The van der Waals surface area contributed by atoms with Gasteiger partial charge in [0, 0.05) is 28.6 Å². The number of benzene rings is 1. The Hall–Kier alpha value is -2.57. The second-order valence-electron chi connectivity index (χ2n) is 6.67. The summed E-state index contributed by atoms with van der Waals surface area (Å²) in [5.74, 6) is 0. The Morgan fingerprint density at radius 1 is 1.19 bits per heavy atom. The summed E-state index contributed by atoms with van der Waals surface area (Å²) in [6.07, 6.45) is -1.04. The Morgan fingerprint density at radius 2 is 1.93 bits per heavy atom. The maximum absolute atomic E-state index is 14.2. The summed E-state index contributed by atoms with van der Waals surface area (Å²) in [6, 6.07) is 9.48. The van der Waals surface area contributed by atoms with E-state index < -0.39 is 6.17 Å². The van der Waals surface area contributed by atoms with Crippen molar-refractivity contribution in [2.75, 3.05) is 13.6 Å². The molecule has 4 nitrogen and oxygen atoms in total. The molecular formula is C21H20FN3OS. The van der Waals surface area contributed by atoms with Gasteiger partial charge in [0.05, 0.1) is 11.2 Å². The van der Waals surface area contributed by atoms with E-state index in [-0.39, 0.29) is 12.1 Å². The van der Waals surface area contributed by atoms with Gasteiger partial charge in [0.2, 0.25) is 0 Å². The van der Waals surface area contributed by atoms with Gasteiger partial charge in [0.15, 0.2) is 0 Å². The van der Waals surface area contributed by atoms with Crippen LogP contribution in [0.4, 0.5) is 4.39 Å². The van der Waals surface area contributed by atoms with Crippen LogP contribution in [0.15, 0.2) is 40.5 Å². The number of aryl methyl sites for hydroxylation is 2. The molecular weight excluding hydrogens is 361 g/mol. The van der Waals surface area contributed by atoms with E-state index in [0.29, 0.717) is 10.3 Å². The van der Waals surface area contributed by atoms with Crippen molar-refractivity contribution in [3.05, 3.63) is 63.0 Å². The summed E-state index contributed by atoms with van der Waals surface area (Å²) in [5.41, 5.74) is 4.94. The minimum atomic E-state index is -1.04. The molecule has 6 heteroatoms. The summed E-state index contributed by atoms with van der Waals surface area (Å²) < 4.78 is 14.9. The number of H-pyrrole nitrogens is 1. The second-order valence-corrected chi connectivity index (χ2v) is 7.59. The second kappa shape index (κ2) is 6.87. The Labute approximate surface area is 160 Å². The molecule has 0 aliphatic heterocycles. The van der Waals surface area contributed by atoms with E-state index in [1.807, 2.05) is 49.6 Å². The smallest absolute Gasteiger partial charge is 0.266 e. The monoisotopic (exact) mass is 381 g/mol. The molecule has 4 aromatic rings. The van der Waals surface area contributed by atoms with Crippen molar-refractivity contribution in [1.29, 1.82) is 0 Å². The molecule has 0 radical (unpaired) electrons. The number of likely N-dealkylation sites (N-methyl/N-ethyl adjacent to an activating group) is 1. The molecule has 27 heavy (non-hydrogen) atoms. The maximum Gasteiger partial charge on any atom is 0.266 e. The van der Waals surface area contributed by atoms with Gasteiger partial charge >= 0.3 is 0 Å². The van der Waals surface area contributed by atoms with Crippen LogP contribution >= 0.6 is 11.3 Å². The van der Waals surface area contributed by atoms with E-state index in [2.05, 4.69) is 15.3 Å². The van der Waals surface area contributed by atoms with Gasteiger partial charge in [-0.1, -0.05) is 24.3 Å². The minimum Gasteiger partial charge on any atom is -0.319 e. The SMILES string of the molecule is CNC[C@H](F)c1ccc(-c2c(C)nc(C)c3[nH]c(=O)c4sccc4c23)cc1. The molecule has 0 bridgehead atoms. The third-order valence-electron chi connectivity index (χ3n) is 4.88. The number of hydrogen-bond donors (Lipinski definition) is 2. The summed E-state index contributed by atoms with van der Waals surface area (Å²) in [6.45, 7) is 4.16. The highest BCUT2D eigenvalue weighted by molar-refractivity contribution is 7.17. The molecule has 0 saturated carbocycles. The molecule has 3 aromatic heterocycles. The lowest BCUT2D eigenvalue weighted by Crippen LogP contribution is -2.13. The van der Waals surface area contributed by atoms with Gasteiger partial charge in [-0.2, -0.15) is 0 Å². The fraction of sp³-hybridized carbons (Fsp3) is 0.238. The molecule has 138 valence electrons. The standard InChI is InChI=1S/C21H20FN3OS/c1-11-17(14-6-4-13(5-7-14)16(22)10-23-3)18-15-8-9-27-20(15)21(26)25-19(18)12(2)24-11/h4-9,16,23H,10H2,1-3H3,(H,25,26)/t16-/m0/s1. The number of hydrogen-bond acceptors (Lipinski definition) is 4. The zero-order valence-electron chi connectivity index (χ0n) is 15.4. The van der Waals surface area contributed by atoms with Crippen molar-refractivity contribution in [1.82, 2.24) is 15.3 Å². The van der Waals surface area contributed by atoms with Crippen LogP contribution in [0, 0.1) is 13.8 Å². The molecule has 1 atom stereocenters. The number of fused-ring (bicyclic) bond motifs is 3. The van der Waals surface area contributed by atoms with Crippen molar-refractivity contribution in [3.8, 4) is 11.1 Å². The first-order chi connectivity index (χ1) is 13.0. The van der Waals surface area contributed by atoms with Crippen LogP contribution in [-0.2, 0) is 0 Å². The van der Waals surface area contributed by atoms with Crippen LogP contribution in [0.3, 0.4) is 0 Å². The lowest BCUT2D eigenvalue weighted by Gasteiger charge is -2.14. The maximum atomic E-state index is 14.2. The summed E-state index contributed by atoms with van der Waals surface area (Å²) in [5, 5.41) is 6.72. The molecule has 0 saturated heterocycles. The van der Waals surface area contributed by atoms with Gasteiger partial charge in [0.25, 0.3) is 5.56 Å². The molecule has 0 spiro atoms.